The van der Waals surface area contributed by atoms with Gasteiger partial charge in [0.15, 0.2) is 17.5 Å². The molecule has 4 heteroatoms. The van der Waals surface area contributed by atoms with Gasteiger partial charge in [-0.15, -0.1) is 0 Å². The van der Waals surface area contributed by atoms with E-state index in [9.17, 15) is 0 Å². The number of benzene rings is 8. The number of rotatable bonds is 5. The third-order valence-electron chi connectivity index (χ3n) is 10.0. The topological polar surface area (TPSA) is 51.8 Å². The predicted octanol–water partition coefficient (Wildman–Crippen LogP) is 12.7. The summed E-state index contributed by atoms with van der Waals surface area (Å²) in [4.78, 5) is 14.9. The lowest BCUT2D eigenvalue weighted by atomic mass is 9.96. The maximum absolute atomic E-state index is 6.39. The first kappa shape index (κ1) is 30.0. The number of aryl methyl sites for hydroxylation is 1. The maximum Gasteiger partial charge on any atom is 0.164 e. The summed E-state index contributed by atoms with van der Waals surface area (Å²) in [6.45, 7) is 2.08. The van der Waals surface area contributed by atoms with Crippen molar-refractivity contribution in [2.24, 2.45) is 0 Å². The van der Waals surface area contributed by atoms with Gasteiger partial charge >= 0.3 is 0 Å². The largest absolute Gasteiger partial charge is 0.456 e. The molecule has 8 aromatic carbocycles. The first-order valence-corrected chi connectivity index (χ1v) is 17.5. The van der Waals surface area contributed by atoms with E-state index in [0.29, 0.717) is 17.5 Å². The molecule has 2 aromatic heterocycles. The molecule has 2 heterocycles. The Labute approximate surface area is 300 Å². The Hall–Kier alpha value is -6.91. The van der Waals surface area contributed by atoms with Crippen LogP contribution in [0.15, 0.2) is 174 Å². The van der Waals surface area contributed by atoms with E-state index in [1.54, 1.807) is 0 Å². The monoisotopic (exact) mass is 665 g/mol. The van der Waals surface area contributed by atoms with E-state index in [2.05, 4.69) is 171 Å². The van der Waals surface area contributed by atoms with Crippen LogP contribution in [-0.4, -0.2) is 15.0 Å². The van der Waals surface area contributed by atoms with E-state index < -0.39 is 0 Å². The smallest absolute Gasteiger partial charge is 0.164 e. The Morgan fingerprint density at radius 2 is 0.827 bits per heavy atom. The van der Waals surface area contributed by atoms with E-state index in [0.717, 1.165) is 55.3 Å². The van der Waals surface area contributed by atoms with E-state index >= 15 is 0 Å². The van der Waals surface area contributed by atoms with E-state index in [-0.39, 0.29) is 0 Å². The fourth-order valence-electron chi connectivity index (χ4n) is 7.26. The van der Waals surface area contributed by atoms with Crippen LogP contribution in [0.25, 0.3) is 99.9 Å². The average molecular weight is 666 g/mol. The molecule has 0 bridgehead atoms. The van der Waals surface area contributed by atoms with Gasteiger partial charge in [0.1, 0.15) is 11.2 Å². The molecule has 0 saturated carbocycles. The zero-order chi connectivity index (χ0) is 34.6. The number of aromatic nitrogens is 3. The quantitative estimate of drug-likeness (QED) is 0.172. The third-order valence-corrected chi connectivity index (χ3v) is 10.0. The highest BCUT2D eigenvalue weighted by Gasteiger charge is 2.16. The predicted molar refractivity (Wildman–Crippen MR) is 214 cm³/mol. The minimum absolute atomic E-state index is 0.633. The van der Waals surface area contributed by atoms with Crippen LogP contribution in [0.3, 0.4) is 0 Å². The third kappa shape index (κ3) is 5.21. The number of hydrogen-bond acceptors (Lipinski definition) is 4. The number of furan rings is 1. The van der Waals surface area contributed by atoms with Gasteiger partial charge in [0.25, 0.3) is 0 Å². The molecule has 0 fully saturated rings. The molecule has 0 aliphatic heterocycles. The van der Waals surface area contributed by atoms with Crippen molar-refractivity contribution in [3.63, 3.8) is 0 Å². The molecule has 0 atom stereocenters. The molecule has 10 rings (SSSR count). The fraction of sp³-hybridized carbons (Fsp3) is 0.0208. The van der Waals surface area contributed by atoms with Crippen molar-refractivity contribution in [3.8, 4) is 56.4 Å². The molecule has 0 aliphatic rings. The molecule has 52 heavy (non-hydrogen) atoms. The summed E-state index contributed by atoms with van der Waals surface area (Å²) in [7, 11) is 0. The first-order chi connectivity index (χ1) is 25.6. The van der Waals surface area contributed by atoms with Crippen LogP contribution in [0.1, 0.15) is 5.56 Å². The van der Waals surface area contributed by atoms with Crippen LogP contribution in [0, 0.1) is 6.92 Å². The van der Waals surface area contributed by atoms with Crippen LogP contribution < -0.4 is 0 Å². The van der Waals surface area contributed by atoms with Gasteiger partial charge in [0.05, 0.1) is 0 Å². The lowest BCUT2D eigenvalue weighted by Crippen LogP contribution is -2.00. The SMILES string of the molecule is Cc1ccc(-c2nc(-c3ccc(-c4ccccc4)cc3)nc(-c3ccc(-c4ccc5oc6ccc7ccc8ccccc8c7c6c5c4)cc3)n2)cc1. The van der Waals surface area contributed by atoms with Gasteiger partial charge in [-0.2, -0.15) is 0 Å². The summed E-state index contributed by atoms with van der Waals surface area (Å²) in [5.74, 6) is 1.92. The summed E-state index contributed by atoms with van der Waals surface area (Å²) in [6.07, 6.45) is 0. The van der Waals surface area contributed by atoms with Gasteiger partial charge < -0.3 is 4.42 Å². The van der Waals surface area contributed by atoms with Crippen LogP contribution in [0.5, 0.6) is 0 Å². The number of hydrogen-bond donors (Lipinski definition) is 0. The maximum atomic E-state index is 6.39. The van der Waals surface area contributed by atoms with Gasteiger partial charge in [-0.1, -0.05) is 157 Å². The van der Waals surface area contributed by atoms with Crippen molar-refractivity contribution in [3.05, 3.63) is 175 Å². The summed E-state index contributed by atoms with van der Waals surface area (Å²) >= 11 is 0. The Morgan fingerprint density at radius 3 is 1.50 bits per heavy atom. The van der Waals surface area contributed by atoms with E-state index in [1.165, 1.54) is 32.7 Å². The number of nitrogens with zero attached hydrogens (tertiary/aromatic N) is 3. The first-order valence-electron chi connectivity index (χ1n) is 17.5. The zero-order valence-corrected chi connectivity index (χ0v) is 28.4. The molecule has 0 spiro atoms. The second-order valence-electron chi connectivity index (χ2n) is 13.3. The summed E-state index contributed by atoms with van der Waals surface area (Å²) in [6, 6.07) is 59.3. The molecule has 0 unspecified atom stereocenters. The highest BCUT2D eigenvalue weighted by molar-refractivity contribution is 6.26. The van der Waals surface area contributed by atoms with Gasteiger partial charge in [0.2, 0.25) is 0 Å². The lowest BCUT2D eigenvalue weighted by Gasteiger charge is -2.10. The molecule has 0 amide bonds. The van der Waals surface area contributed by atoms with Gasteiger partial charge in [-0.05, 0) is 63.5 Å². The summed E-state index contributed by atoms with van der Waals surface area (Å²) < 4.78 is 6.39. The standard InChI is InChI=1S/C48H31N3O/c1-30-11-13-36(14-12-30)46-49-47(37-21-15-32(16-22-37)31-7-3-2-4-8-31)51-48(50-46)38-23-17-33(18-24-38)39-26-27-42-41(29-39)45-43(52-42)28-25-35-20-19-34-9-5-6-10-40(34)44(35)45/h2-29H,1H3. The van der Waals surface area contributed by atoms with Crippen molar-refractivity contribution < 1.29 is 4.42 Å². The molecule has 0 saturated heterocycles. The molecule has 0 radical (unpaired) electrons. The molecule has 10 aromatic rings. The summed E-state index contributed by atoms with van der Waals surface area (Å²) in [5, 5.41) is 7.16. The molecular weight excluding hydrogens is 635 g/mol. The van der Waals surface area contributed by atoms with Crippen molar-refractivity contribution in [1.29, 1.82) is 0 Å². The van der Waals surface area contributed by atoms with Gasteiger partial charge in [-0.3, -0.25) is 0 Å². The van der Waals surface area contributed by atoms with E-state index in [1.807, 2.05) is 6.07 Å². The van der Waals surface area contributed by atoms with Crippen LogP contribution in [-0.2, 0) is 0 Å². The number of fused-ring (bicyclic) bond motifs is 7. The highest BCUT2D eigenvalue weighted by atomic mass is 16.3. The minimum atomic E-state index is 0.633. The normalized spacial score (nSPS) is 11.6. The molecule has 244 valence electrons. The highest BCUT2D eigenvalue weighted by Crippen LogP contribution is 2.40. The molecular formula is C48H31N3O. The fourth-order valence-corrected chi connectivity index (χ4v) is 7.26. The molecule has 0 N–H and O–H groups in total. The molecule has 4 nitrogen and oxygen atoms in total. The Morgan fingerprint density at radius 1 is 0.346 bits per heavy atom. The Kier molecular flexibility index (Phi) is 7.00. The Balaban J connectivity index is 1.05. The van der Waals surface area contributed by atoms with Crippen molar-refractivity contribution >= 4 is 43.5 Å². The van der Waals surface area contributed by atoms with E-state index in [4.69, 9.17) is 19.4 Å². The zero-order valence-electron chi connectivity index (χ0n) is 28.4. The van der Waals surface area contributed by atoms with Gasteiger partial charge in [-0.25, -0.2) is 15.0 Å². The molecule has 0 aliphatic carbocycles. The van der Waals surface area contributed by atoms with Gasteiger partial charge in [0, 0.05) is 32.8 Å². The lowest BCUT2D eigenvalue weighted by molar-refractivity contribution is 0.669. The van der Waals surface area contributed by atoms with Crippen LogP contribution in [0.2, 0.25) is 0 Å². The van der Waals surface area contributed by atoms with Crippen molar-refractivity contribution in [2.75, 3.05) is 0 Å². The van der Waals surface area contributed by atoms with Crippen LogP contribution >= 0.6 is 0 Å². The second-order valence-corrected chi connectivity index (χ2v) is 13.3. The minimum Gasteiger partial charge on any atom is -0.456 e. The average Bonchev–Trinajstić information content (AvgIpc) is 3.59. The van der Waals surface area contributed by atoms with Crippen molar-refractivity contribution in [1.82, 2.24) is 15.0 Å². The Bertz CT molecular complexity index is 2930. The van der Waals surface area contributed by atoms with Crippen molar-refractivity contribution in [2.45, 2.75) is 6.92 Å². The van der Waals surface area contributed by atoms with Crippen LogP contribution in [0.4, 0.5) is 0 Å². The second kappa shape index (κ2) is 12.1. The summed E-state index contributed by atoms with van der Waals surface area (Å²) in [5.41, 5.74) is 10.3.